The zero-order chi connectivity index (χ0) is 9.84. The van der Waals surface area contributed by atoms with E-state index in [1.54, 1.807) is 16.3 Å². The molecular formula is C8H12N2O2S. The number of nitrogens with zero attached hydrogens (tertiary/aromatic N) is 2. The van der Waals surface area contributed by atoms with Gasteiger partial charge in [-0.25, -0.2) is 9.78 Å². The molecule has 1 aromatic rings. The highest BCUT2D eigenvalue weighted by molar-refractivity contribution is 7.99. The van der Waals surface area contributed by atoms with Gasteiger partial charge in [-0.2, -0.15) is 0 Å². The Morgan fingerprint density at radius 2 is 2.38 bits per heavy atom. The van der Waals surface area contributed by atoms with Gasteiger partial charge < -0.3 is 9.67 Å². The summed E-state index contributed by atoms with van der Waals surface area (Å²) in [5, 5.41) is 9.59. The van der Waals surface area contributed by atoms with Crippen LogP contribution in [-0.4, -0.2) is 26.4 Å². The lowest BCUT2D eigenvalue weighted by atomic mass is 10.5. The standard InChI is InChI=1S/C8H12N2O2S/c1-3-10-6(7(11)12)5-9-8(10)13-4-2/h5H,3-4H2,1-2H3,(H,11,12). The van der Waals surface area contributed by atoms with E-state index in [0.717, 1.165) is 10.9 Å². The quantitative estimate of drug-likeness (QED) is 0.752. The first-order valence-corrected chi connectivity index (χ1v) is 5.10. The number of carboxylic acids is 1. The first-order valence-electron chi connectivity index (χ1n) is 4.12. The summed E-state index contributed by atoms with van der Waals surface area (Å²) in [6, 6.07) is 0. The van der Waals surface area contributed by atoms with Crippen LogP contribution in [0.5, 0.6) is 0 Å². The Morgan fingerprint density at radius 1 is 1.69 bits per heavy atom. The number of hydrogen-bond donors (Lipinski definition) is 1. The molecule has 0 aliphatic rings. The van der Waals surface area contributed by atoms with Gasteiger partial charge in [0.2, 0.25) is 0 Å². The molecule has 0 spiro atoms. The van der Waals surface area contributed by atoms with E-state index in [0.29, 0.717) is 6.54 Å². The Balaban J connectivity index is 3.03. The smallest absolute Gasteiger partial charge is 0.354 e. The molecule has 0 bridgehead atoms. The largest absolute Gasteiger partial charge is 0.477 e. The average Bonchev–Trinajstić information content (AvgIpc) is 2.48. The van der Waals surface area contributed by atoms with Gasteiger partial charge in [-0.3, -0.25) is 0 Å². The van der Waals surface area contributed by atoms with Crippen LogP contribution in [0.1, 0.15) is 24.3 Å². The molecule has 1 heterocycles. The summed E-state index contributed by atoms with van der Waals surface area (Å²) in [4.78, 5) is 14.8. The normalized spacial score (nSPS) is 10.3. The minimum Gasteiger partial charge on any atom is -0.477 e. The van der Waals surface area contributed by atoms with Crippen LogP contribution in [0.4, 0.5) is 0 Å². The molecule has 0 aromatic carbocycles. The number of imidazole rings is 1. The molecule has 0 fully saturated rings. The summed E-state index contributed by atoms with van der Waals surface area (Å²) in [7, 11) is 0. The van der Waals surface area contributed by atoms with Crippen LogP contribution >= 0.6 is 11.8 Å². The Kier molecular flexibility index (Phi) is 3.36. The van der Waals surface area contributed by atoms with Gasteiger partial charge in [-0.1, -0.05) is 18.7 Å². The molecule has 4 nitrogen and oxygen atoms in total. The zero-order valence-electron chi connectivity index (χ0n) is 7.65. The van der Waals surface area contributed by atoms with E-state index >= 15 is 0 Å². The molecule has 0 aliphatic heterocycles. The van der Waals surface area contributed by atoms with Crippen molar-refractivity contribution in [2.75, 3.05) is 5.75 Å². The van der Waals surface area contributed by atoms with Crippen molar-refractivity contribution in [3.63, 3.8) is 0 Å². The second kappa shape index (κ2) is 4.32. The molecule has 1 aromatic heterocycles. The van der Waals surface area contributed by atoms with E-state index in [-0.39, 0.29) is 5.69 Å². The topological polar surface area (TPSA) is 55.1 Å². The third-order valence-electron chi connectivity index (χ3n) is 1.63. The van der Waals surface area contributed by atoms with Crippen LogP contribution in [0.25, 0.3) is 0 Å². The van der Waals surface area contributed by atoms with E-state index in [4.69, 9.17) is 5.11 Å². The van der Waals surface area contributed by atoms with Crippen LogP contribution in [-0.2, 0) is 6.54 Å². The maximum absolute atomic E-state index is 10.7. The fraction of sp³-hybridized carbons (Fsp3) is 0.500. The lowest BCUT2D eigenvalue weighted by Crippen LogP contribution is -2.07. The molecule has 1 rings (SSSR count). The number of thioether (sulfide) groups is 1. The molecule has 0 saturated carbocycles. The summed E-state index contributed by atoms with van der Waals surface area (Å²) in [6.07, 6.45) is 1.41. The van der Waals surface area contributed by atoms with E-state index < -0.39 is 5.97 Å². The summed E-state index contributed by atoms with van der Waals surface area (Å²) in [5.41, 5.74) is 0.262. The van der Waals surface area contributed by atoms with Crippen molar-refractivity contribution < 1.29 is 9.90 Å². The lowest BCUT2D eigenvalue weighted by Gasteiger charge is -2.04. The van der Waals surface area contributed by atoms with E-state index in [9.17, 15) is 4.79 Å². The zero-order valence-corrected chi connectivity index (χ0v) is 8.47. The van der Waals surface area contributed by atoms with Crippen molar-refractivity contribution in [3.05, 3.63) is 11.9 Å². The van der Waals surface area contributed by atoms with E-state index in [1.165, 1.54) is 6.20 Å². The number of aromatic nitrogens is 2. The van der Waals surface area contributed by atoms with Gasteiger partial charge in [0, 0.05) is 6.54 Å². The maximum atomic E-state index is 10.7. The molecule has 0 saturated heterocycles. The summed E-state index contributed by atoms with van der Waals surface area (Å²) >= 11 is 1.55. The average molecular weight is 200 g/mol. The van der Waals surface area contributed by atoms with Crippen molar-refractivity contribution >= 4 is 17.7 Å². The Labute approximate surface area is 81.0 Å². The first-order chi connectivity index (χ1) is 6.20. The van der Waals surface area contributed by atoms with Crippen molar-refractivity contribution in [1.82, 2.24) is 9.55 Å². The minimum absolute atomic E-state index is 0.262. The van der Waals surface area contributed by atoms with Crippen LogP contribution in [0, 0.1) is 0 Å². The third kappa shape index (κ3) is 2.03. The number of carboxylic acid groups (broad SMARTS) is 1. The van der Waals surface area contributed by atoms with Gasteiger partial charge in [-0.05, 0) is 12.7 Å². The van der Waals surface area contributed by atoms with Gasteiger partial charge >= 0.3 is 5.97 Å². The number of rotatable bonds is 4. The van der Waals surface area contributed by atoms with Crippen molar-refractivity contribution in [3.8, 4) is 0 Å². The monoisotopic (exact) mass is 200 g/mol. The Bertz CT molecular complexity index is 309. The number of hydrogen-bond acceptors (Lipinski definition) is 3. The third-order valence-corrected chi connectivity index (χ3v) is 2.50. The first kappa shape index (κ1) is 10.1. The van der Waals surface area contributed by atoms with Crippen LogP contribution in [0.15, 0.2) is 11.4 Å². The molecule has 5 heteroatoms. The molecule has 72 valence electrons. The molecule has 0 atom stereocenters. The molecule has 13 heavy (non-hydrogen) atoms. The highest BCUT2D eigenvalue weighted by Crippen LogP contribution is 2.17. The number of carbonyl (C=O) groups is 1. The highest BCUT2D eigenvalue weighted by Gasteiger charge is 2.13. The molecular weight excluding hydrogens is 188 g/mol. The molecule has 0 radical (unpaired) electrons. The highest BCUT2D eigenvalue weighted by atomic mass is 32.2. The van der Waals surface area contributed by atoms with E-state index in [2.05, 4.69) is 4.98 Å². The Hall–Kier alpha value is -0.970. The molecule has 0 aliphatic carbocycles. The summed E-state index contributed by atoms with van der Waals surface area (Å²) < 4.78 is 1.70. The van der Waals surface area contributed by atoms with Gasteiger partial charge in [0.1, 0.15) is 5.69 Å². The minimum atomic E-state index is -0.919. The van der Waals surface area contributed by atoms with Gasteiger partial charge in [0.15, 0.2) is 5.16 Å². The lowest BCUT2D eigenvalue weighted by molar-refractivity contribution is 0.0684. The van der Waals surface area contributed by atoms with E-state index in [1.807, 2.05) is 13.8 Å². The predicted molar refractivity (Wildman–Crippen MR) is 51.3 cm³/mol. The van der Waals surface area contributed by atoms with Gasteiger partial charge in [0.05, 0.1) is 6.20 Å². The van der Waals surface area contributed by atoms with Crippen molar-refractivity contribution in [2.45, 2.75) is 25.5 Å². The molecule has 0 amide bonds. The Morgan fingerprint density at radius 3 is 2.85 bits per heavy atom. The fourth-order valence-electron chi connectivity index (χ4n) is 1.08. The predicted octanol–water partition coefficient (Wildman–Crippen LogP) is 1.71. The van der Waals surface area contributed by atoms with Gasteiger partial charge in [0.25, 0.3) is 0 Å². The summed E-state index contributed by atoms with van der Waals surface area (Å²) in [5.74, 6) is -0.0203. The maximum Gasteiger partial charge on any atom is 0.354 e. The van der Waals surface area contributed by atoms with Crippen LogP contribution in [0.2, 0.25) is 0 Å². The van der Waals surface area contributed by atoms with Crippen LogP contribution < -0.4 is 0 Å². The summed E-state index contributed by atoms with van der Waals surface area (Å²) in [6.45, 7) is 4.57. The second-order valence-electron chi connectivity index (χ2n) is 2.41. The van der Waals surface area contributed by atoms with Crippen molar-refractivity contribution in [2.24, 2.45) is 0 Å². The second-order valence-corrected chi connectivity index (χ2v) is 3.64. The number of aromatic carboxylic acids is 1. The molecule has 0 unspecified atom stereocenters. The fourth-order valence-corrected chi connectivity index (χ4v) is 1.85. The van der Waals surface area contributed by atoms with Crippen LogP contribution in [0.3, 0.4) is 0 Å². The molecule has 1 N–H and O–H groups in total. The SMILES string of the molecule is CCSc1ncc(C(=O)O)n1CC. The van der Waals surface area contributed by atoms with Crippen molar-refractivity contribution in [1.29, 1.82) is 0 Å². The van der Waals surface area contributed by atoms with Gasteiger partial charge in [-0.15, -0.1) is 0 Å².